The first-order chi connectivity index (χ1) is 11.7. The molecule has 1 amide bonds. The molecule has 0 saturated carbocycles. The van der Waals surface area contributed by atoms with Crippen LogP contribution in [0, 0.1) is 12.8 Å². The van der Waals surface area contributed by atoms with Gasteiger partial charge in [-0.25, -0.2) is 9.97 Å². The van der Waals surface area contributed by atoms with E-state index >= 15 is 0 Å². The highest BCUT2D eigenvalue weighted by Crippen LogP contribution is 2.19. The first kappa shape index (κ1) is 16.6. The lowest BCUT2D eigenvalue weighted by atomic mass is 9.97. The number of likely N-dealkylation sites (tertiary alicyclic amines) is 1. The second-order valence-corrected chi connectivity index (χ2v) is 6.45. The molecule has 2 aromatic rings. The molecule has 1 fully saturated rings. The van der Waals surface area contributed by atoms with E-state index in [2.05, 4.69) is 24.8 Å². The lowest BCUT2D eigenvalue weighted by Gasteiger charge is -2.32. The number of nitrogens with one attached hydrogen (secondary N) is 1. The summed E-state index contributed by atoms with van der Waals surface area (Å²) in [5.41, 5.74) is 0.999. The Kier molecular flexibility index (Phi) is 5.59. The van der Waals surface area contributed by atoms with Gasteiger partial charge in [0.2, 0.25) is 5.91 Å². The van der Waals surface area contributed by atoms with Crippen LogP contribution >= 0.6 is 0 Å². The zero-order valence-corrected chi connectivity index (χ0v) is 14.2. The zero-order chi connectivity index (χ0) is 16.8. The molecule has 2 aromatic heterocycles. The van der Waals surface area contributed by atoms with E-state index in [1.807, 2.05) is 31.6 Å². The van der Waals surface area contributed by atoms with E-state index in [-0.39, 0.29) is 11.8 Å². The third-order valence-electron chi connectivity index (χ3n) is 4.58. The summed E-state index contributed by atoms with van der Waals surface area (Å²) in [5, 5.41) is 2.99. The molecule has 1 aliphatic rings. The van der Waals surface area contributed by atoms with Crippen LogP contribution in [0.2, 0.25) is 0 Å². The number of imidazole rings is 1. The molecule has 3 heterocycles. The number of rotatable bonds is 6. The smallest absolute Gasteiger partial charge is 0.229 e. The highest BCUT2D eigenvalue weighted by Gasteiger charge is 2.26. The van der Waals surface area contributed by atoms with Crippen LogP contribution in [0.5, 0.6) is 0 Å². The van der Waals surface area contributed by atoms with Crippen molar-refractivity contribution in [3.63, 3.8) is 0 Å². The maximum atomic E-state index is 12.5. The number of pyridine rings is 1. The van der Waals surface area contributed by atoms with E-state index in [0.29, 0.717) is 5.82 Å². The first-order valence-electron chi connectivity index (χ1n) is 8.63. The van der Waals surface area contributed by atoms with Gasteiger partial charge in [-0.05, 0) is 50.9 Å². The molecular formula is C18H25N5O. The monoisotopic (exact) mass is 327 g/mol. The van der Waals surface area contributed by atoms with E-state index in [9.17, 15) is 4.79 Å². The number of amides is 1. The van der Waals surface area contributed by atoms with Gasteiger partial charge in [-0.15, -0.1) is 0 Å². The standard InChI is InChI=1S/C18H25N5O/c1-15-5-2-7-20-17(15)21-18(24)16-6-3-9-22(13-16)10-4-11-23-12-8-19-14-23/h2,5,7-8,12,14,16H,3-4,6,9-11,13H2,1H3,(H,20,21,24)/t16-/m1/s1. The molecule has 1 saturated heterocycles. The van der Waals surface area contributed by atoms with Crippen LogP contribution in [0.4, 0.5) is 5.82 Å². The Hall–Kier alpha value is -2.21. The van der Waals surface area contributed by atoms with Gasteiger partial charge in [-0.1, -0.05) is 6.07 Å². The van der Waals surface area contributed by atoms with Gasteiger partial charge >= 0.3 is 0 Å². The summed E-state index contributed by atoms with van der Waals surface area (Å²) in [5.74, 6) is 0.823. The summed E-state index contributed by atoms with van der Waals surface area (Å²) >= 11 is 0. The van der Waals surface area contributed by atoms with Crippen molar-refractivity contribution in [2.24, 2.45) is 5.92 Å². The highest BCUT2D eigenvalue weighted by atomic mass is 16.2. The average Bonchev–Trinajstić information content (AvgIpc) is 3.11. The summed E-state index contributed by atoms with van der Waals surface area (Å²) in [6, 6.07) is 3.85. The molecule has 0 radical (unpaired) electrons. The lowest BCUT2D eigenvalue weighted by molar-refractivity contribution is -0.121. The molecule has 3 rings (SSSR count). The Morgan fingerprint density at radius 3 is 3.08 bits per heavy atom. The molecule has 0 aromatic carbocycles. The van der Waals surface area contributed by atoms with Crippen LogP contribution in [0.15, 0.2) is 37.1 Å². The minimum atomic E-state index is 0.0494. The van der Waals surface area contributed by atoms with E-state index in [4.69, 9.17) is 0 Å². The number of nitrogens with zero attached hydrogens (tertiary/aromatic N) is 4. The Morgan fingerprint density at radius 2 is 2.29 bits per heavy atom. The second kappa shape index (κ2) is 8.06. The molecule has 0 bridgehead atoms. The predicted octanol–water partition coefficient (Wildman–Crippen LogP) is 2.33. The molecule has 24 heavy (non-hydrogen) atoms. The van der Waals surface area contributed by atoms with Crippen molar-refractivity contribution in [2.75, 3.05) is 25.0 Å². The Morgan fingerprint density at radius 1 is 1.38 bits per heavy atom. The van der Waals surface area contributed by atoms with Gasteiger partial charge in [0.05, 0.1) is 12.2 Å². The SMILES string of the molecule is Cc1cccnc1NC(=O)[C@@H]1CCCN(CCCn2ccnc2)C1. The van der Waals surface area contributed by atoms with Gasteiger partial charge in [-0.2, -0.15) is 0 Å². The Balaban J connectivity index is 1.47. The van der Waals surface area contributed by atoms with Gasteiger partial charge in [-0.3, -0.25) is 4.79 Å². The predicted molar refractivity (Wildman–Crippen MR) is 93.6 cm³/mol. The van der Waals surface area contributed by atoms with Crippen molar-refractivity contribution in [1.82, 2.24) is 19.4 Å². The number of hydrogen-bond donors (Lipinski definition) is 1. The number of aryl methyl sites for hydroxylation is 2. The lowest BCUT2D eigenvalue weighted by Crippen LogP contribution is -2.41. The van der Waals surface area contributed by atoms with Crippen LogP contribution in [-0.2, 0) is 11.3 Å². The first-order valence-corrected chi connectivity index (χ1v) is 8.63. The summed E-state index contributed by atoms with van der Waals surface area (Å²) in [6.07, 6.45) is 10.5. The summed E-state index contributed by atoms with van der Waals surface area (Å²) in [4.78, 5) is 23.3. The molecule has 1 aliphatic heterocycles. The van der Waals surface area contributed by atoms with Crippen molar-refractivity contribution in [1.29, 1.82) is 0 Å². The largest absolute Gasteiger partial charge is 0.337 e. The maximum Gasteiger partial charge on any atom is 0.229 e. The molecule has 1 N–H and O–H groups in total. The summed E-state index contributed by atoms with van der Waals surface area (Å²) < 4.78 is 2.10. The summed E-state index contributed by atoms with van der Waals surface area (Å²) in [7, 11) is 0. The van der Waals surface area contributed by atoms with Gasteiger partial charge < -0.3 is 14.8 Å². The zero-order valence-electron chi connectivity index (χ0n) is 14.2. The molecule has 0 spiro atoms. The fraction of sp³-hybridized carbons (Fsp3) is 0.500. The van der Waals surface area contributed by atoms with E-state index in [1.54, 1.807) is 12.4 Å². The van der Waals surface area contributed by atoms with Crippen LogP contribution < -0.4 is 5.32 Å². The van der Waals surface area contributed by atoms with Crippen molar-refractivity contribution in [2.45, 2.75) is 32.7 Å². The van der Waals surface area contributed by atoms with Gasteiger partial charge in [0.15, 0.2) is 0 Å². The van der Waals surface area contributed by atoms with Crippen LogP contribution in [0.3, 0.4) is 0 Å². The molecule has 6 heteroatoms. The molecule has 6 nitrogen and oxygen atoms in total. The van der Waals surface area contributed by atoms with Crippen LogP contribution in [0.1, 0.15) is 24.8 Å². The number of anilines is 1. The van der Waals surface area contributed by atoms with E-state index < -0.39 is 0 Å². The van der Waals surface area contributed by atoms with Crippen molar-refractivity contribution >= 4 is 11.7 Å². The summed E-state index contributed by atoms with van der Waals surface area (Å²) in [6.45, 7) is 5.87. The van der Waals surface area contributed by atoms with E-state index in [0.717, 1.165) is 51.0 Å². The Labute approximate surface area is 142 Å². The minimum Gasteiger partial charge on any atom is -0.337 e. The fourth-order valence-corrected chi connectivity index (χ4v) is 3.20. The number of hydrogen-bond acceptors (Lipinski definition) is 4. The molecule has 128 valence electrons. The van der Waals surface area contributed by atoms with E-state index in [1.165, 1.54) is 0 Å². The number of aromatic nitrogens is 3. The number of piperidine rings is 1. The van der Waals surface area contributed by atoms with Gasteiger partial charge in [0.1, 0.15) is 5.82 Å². The molecule has 0 unspecified atom stereocenters. The average molecular weight is 327 g/mol. The minimum absolute atomic E-state index is 0.0494. The van der Waals surface area contributed by atoms with Crippen molar-refractivity contribution < 1.29 is 4.79 Å². The quantitative estimate of drug-likeness (QED) is 0.884. The van der Waals surface area contributed by atoms with Crippen molar-refractivity contribution in [3.8, 4) is 0 Å². The second-order valence-electron chi connectivity index (χ2n) is 6.45. The van der Waals surface area contributed by atoms with Gasteiger partial charge in [0.25, 0.3) is 0 Å². The molecule has 1 atom stereocenters. The maximum absolute atomic E-state index is 12.5. The third kappa shape index (κ3) is 4.41. The van der Waals surface area contributed by atoms with Crippen LogP contribution in [0.25, 0.3) is 0 Å². The van der Waals surface area contributed by atoms with Crippen molar-refractivity contribution in [3.05, 3.63) is 42.6 Å². The third-order valence-corrected chi connectivity index (χ3v) is 4.58. The number of carbonyl (C=O) groups excluding carboxylic acids is 1. The number of carbonyl (C=O) groups is 1. The fourth-order valence-electron chi connectivity index (χ4n) is 3.20. The highest BCUT2D eigenvalue weighted by molar-refractivity contribution is 5.92. The Bertz CT molecular complexity index is 655. The molecular weight excluding hydrogens is 302 g/mol. The molecule has 0 aliphatic carbocycles. The topological polar surface area (TPSA) is 63.1 Å². The van der Waals surface area contributed by atoms with Crippen LogP contribution in [-0.4, -0.2) is 45.0 Å². The van der Waals surface area contributed by atoms with Gasteiger partial charge in [0, 0.05) is 31.7 Å². The normalized spacial score (nSPS) is 18.5.